The summed E-state index contributed by atoms with van der Waals surface area (Å²) < 4.78 is 16.0. The van der Waals surface area contributed by atoms with Crippen LogP contribution in [0.15, 0.2) is 42.5 Å². The van der Waals surface area contributed by atoms with Crippen molar-refractivity contribution in [2.24, 2.45) is 0 Å². The van der Waals surface area contributed by atoms with Crippen LogP contribution in [-0.2, 0) is 10.5 Å². The number of carbonyl (C=O) groups excluding carboxylic acids is 1. The molecule has 2 rings (SSSR count). The van der Waals surface area contributed by atoms with Crippen molar-refractivity contribution < 1.29 is 19.0 Å². The van der Waals surface area contributed by atoms with E-state index in [-0.39, 0.29) is 5.91 Å². The van der Waals surface area contributed by atoms with Crippen LogP contribution in [0, 0.1) is 6.92 Å². The van der Waals surface area contributed by atoms with Gasteiger partial charge in [-0.2, -0.15) is 11.8 Å². The number of rotatable bonds is 10. The summed E-state index contributed by atoms with van der Waals surface area (Å²) in [5.41, 5.74) is 3.30. The van der Waals surface area contributed by atoms with E-state index in [2.05, 4.69) is 36.5 Å². The first kappa shape index (κ1) is 21.7. The lowest BCUT2D eigenvalue weighted by atomic mass is 10.1. The summed E-state index contributed by atoms with van der Waals surface area (Å²) >= 11 is 1.79. The Hall–Kier alpha value is -2.60. The molecule has 1 amide bonds. The molecule has 0 fully saturated rings. The normalized spacial score (nSPS) is 10.7. The predicted octanol–water partition coefficient (Wildman–Crippen LogP) is 4.08. The summed E-state index contributed by atoms with van der Waals surface area (Å²) in [5.74, 6) is 3.25. The van der Waals surface area contributed by atoms with E-state index in [0.29, 0.717) is 23.8 Å². The second kappa shape index (κ2) is 11.3. The summed E-state index contributed by atoms with van der Waals surface area (Å²) in [5, 5.41) is 2.89. The largest absolute Gasteiger partial charge is 0.493 e. The van der Waals surface area contributed by atoms with Gasteiger partial charge in [-0.1, -0.05) is 29.8 Å². The van der Waals surface area contributed by atoms with E-state index in [4.69, 9.17) is 14.2 Å². The van der Waals surface area contributed by atoms with E-state index in [0.717, 1.165) is 17.1 Å². The van der Waals surface area contributed by atoms with Gasteiger partial charge >= 0.3 is 0 Å². The standard InChI is InChI=1S/C22H27NO4S/c1-16-5-7-17(8-6-16)15-28-14-13-23-20(24)12-10-18-9-11-19(25-2)22(27-4)21(18)26-3/h5-12H,13-15H2,1-4H3,(H,23,24)/b12-10+. The molecule has 0 spiro atoms. The molecule has 0 radical (unpaired) electrons. The lowest BCUT2D eigenvalue weighted by molar-refractivity contribution is -0.116. The van der Waals surface area contributed by atoms with Crippen molar-refractivity contribution in [2.75, 3.05) is 33.6 Å². The Morgan fingerprint density at radius 3 is 2.36 bits per heavy atom. The number of ether oxygens (including phenoxy) is 3. The van der Waals surface area contributed by atoms with E-state index in [9.17, 15) is 4.79 Å². The average Bonchev–Trinajstić information content (AvgIpc) is 2.72. The number of benzene rings is 2. The first-order chi connectivity index (χ1) is 13.6. The van der Waals surface area contributed by atoms with Crippen LogP contribution in [0.2, 0.25) is 0 Å². The van der Waals surface area contributed by atoms with E-state index in [1.807, 2.05) is 6.07 Å². The quantitative estimate of drug-likeness (QED) is 0.480. The molecule has 0 saturated carbocycles. The molecule has 28 heavy (non-hydrogen) atoms. The lowest BCUT2D eigenvalue weighted by Crippen LogP contribution is -2.23. The predicted molar refractivity (Wildman–Crippen MR) is 115 cm³/mol. The highest BCUT2D eigenvalue weighted by Gasteiger charge is 2.14. The van der Waals surface area contributed by atoms with Crippen molar-refractivity contribution in [3.8, 4) is 17.2 Å². The molecule has 2 aromatic carbocycles. The van der Waals surface area contributed by atoms with Crippen LogP contribution in [-0.4, -0.2) is 39.5 Å². The van der Waals surface area contributed by atoms with Crippen LogP contribution < -0.4 is 19.5 Å². The highest BCUT2D eigenvalue weighted by atomic mass is 32.2. The molecule has 2 aromatic rings. The highest BCUT2D eigenvalue weighted by molar-refractivity contribution is 7.98. The van der Waals surface area contributed by atoms with Gasteiger partial charge in [-0.25, -0.2) is 0 Å². The van der Waals surface area contributed by atoms with Crippen molar-refractivity contribution >= 4 is 23.7 Å². The highest BCUT2D eigenvalue weighted by Crippen LogP contribution is 2.40. The molecule has 0 aliphatic carbocycles. The monoisotopic (exact) mass is 401 g/mol. The molecule has 150 valence electrons. The van der Waals surface area contributed by atoms with Crippen molar-refractivity contribution in [3.63, 3.8) is 0 Å². The molecular formula is C22H27NO4S. The Morgan fingerprint density at radius 1 is 1.00 bits per heavy atom. The second-order valence-corrected chi connectivity index (χ2v) is 7.19. The number of nitrogens with one attached hydrogen (secondary N) is 1. The Labute approximate surface area is 171 Å². The summed E-state index contributed by atoms with van der Waals surface area (Å²) in [6.07, 6.45) is 3.20. The number of amides is 1. The van der Waals surface area contributed by atoms with Gasteiger partial charge in [0.1, 0.15) is 0 Å². The zero-order valence-corrected chi connectivity index (χ0v) is 17.6. The average molecular weight is 402 g/mol. The van der Waals surface area contributed by atoms with Gasteiger partial charge in [0.15, 0.2) is 11.5 Å². The molecule has 0 aliphatic heterocycles. The minimum atomic E-state index is -0.146. The van der Waals surface area contributed by atoms with Gasteiger partial charge in [0, 0.05) is 29.7 Å². The van der Waals surface area contributed by atoms with Gasteiger partial charge in [-0.05, 0) is 30.7 Å². The lowest BCUT2D eigenvalue weighted by Gasteiger charge is -2.13. The van der Waals surface area contributed by atoms with E-state index in [1.165, 1.54) is 17.2 Å². The number of carbonyl (C=O) groups is 1. The molecule has 0 aromatic heterocycles. The number of hydrogen-bond acceptors (Lipinski definition) is 5. The minimum absolute atomic E-state index is 0.146. The van der Waals surface area contributed by atoms with Gasteiger partial charge in [0.05, 0.1) is 21.3 Å². The number of hydrogen-bond donors (Lipinski definition) is 1. The fraction of sp³-hybridized carbons (Fsp3) is 0.318. The van der Waals surface area contributed by atoms with Gasteiger partial charge < -0.3 is 19.5 Å². The molecule has 0 bridgehead atoms. The molecule has 0 heterocycles. The molecule has 0 saturated heterocycles. The first-order valence-corrected chi connectivity index (χ1v) is 10.1. The summed E-state index contributed by atoms with van der Waals surface area (Å²) in [7, 11) is 4.67. The zero-order valence-electron chi connectivity index (χ0n) is 16.8. The second-order valence-electron chi connectivity index (χ2n) is 6.09. The van der Waals surface area contributed by atoms with E-state index < -0.39 is 0 Å². The molecule has 1 N–H and O–H groups in total. The van der Waals surface area contributed by atoms with Crippen LogP contribution in [0.5, 0.6) is 17.2 Å². The fourth-order valence-corrected chi connectivity index (χ4v) is 3.42. The number of thioether (sulfide) groups is 1. The summed E-state index contributed by atoms with van der Waals surface area (Å²) in [6, 6.07) is 12.1. The van der Waals surface area contributed by atoms with Gasteiger partial charge in [0.2, 0.25) is 11.7 Å². The SMILES string of the molecule is COc1ccc(/C=C/C(=O)NCCSCc2ccc(C)cc2)c(OC)c1OC. The third-order valence-corrected chi connectivity index (χ3v) is 5.11. The zero-order chi connectivity index (χ0) is 20.4. The van der Waals surface area contributed by atoms with Crippen molar-refractivity contribution in [2.45, 2.75) is 12.7 Å². The topological polar surface area (TPSA) is 56.8 Å². The molecule has 0 aliphatic rings. The first-order valence-electron chi connectivity index (χ1n) is 8.97. The molecule has 6 heteroatoms. The van der Waals surface area contributed by atoms with Crippen LogP contribution in [0.3, 0.4) is 0 Å². The van der Waals surface area contributed by atoms with Crippen LogP contribution in [0.25, 0.3) is 6.08 Å². The number of methoxy groups -OCH3 is 3. The Balaban J connectivity index is 1.82. The molecule has 0 atom stereocenters. The fourth-order valence-electron chi connectivity index (χ4n) is 2.60. The molecular weight excluding hydrogens is 374 g/mol. The van der Waals surface area contributed by atoms with Crippen molar-refractivity contribution in [1.82, 2.24) is 5.32 Å². The maximum absolute atomic E-state index is 12.1. The summed E-state index contributed by atoms with van der Waals surface area (Å²) in [4.78, 5) is 12.1. The molecule has 5 nitrogen and oxygen atoms in total. The maximum Gasteiger partial charge on any atom is 0.244 e. The maximum atomic E-state index is 12.1. The van der Waals surface area contributed by atoms with Crippen LogP contribution in [0.1, 0.15) is 16.7 Å². The third-order valence-electron chi connectivity index (χ3n) is 4.08. The van der Waals surface area contributed by atoms with Gasteiger partial charge in [-0.3, -0.25) is 4.79 Å². The van der Waals surface area contributed by atoms with Crippen molar-refractivity contribution in [1.29, 1.82) is 0 Å². The Kier molecular flexibility index (Phi) is 8.75. The smallest absolute Gasteiger partial charge is 0.244 e. The third kappa shape index (κ3) is 6.23. The van der Waals surface area contributed by atoms with E-state index >= 15 is 0 Å². The Morgan fingerprint density at radius 2 is 1.71 bits per heavy atom. The van der Waals surface area contributed by atoms with Crippen LogP contribution in [0.4, 0.5) is 0 Å². The number of aryl methyl sites for hydroxylation is 1. The minimum Gasteiger partial charge on any atom is -0.493 e. The summed E-state index contributed by atoms with van der Waals surface area (Å²) in [6.45, 7) is 2.69. The molecule has 0 unspecified atom stereocenters. The van der Waals surface area contributed by atoms with Gasteiger partial charge in [-0.15, -0.1) is 0 Å². The van der Waals surface area contributed by atoms with Gasteiger partial charge in [0.25, 0.3) is 0 Å². The Bertz CT molecular complexity index is 803. The van der Waals surface area contributed by atoms with Crippen molar-refractivity contribution in [3.05, 3.63) is 59.2 Å². The van der Waals surface area contributed by atoms with Crippen LogP contribution >= 0.6 is 11.8 Å². The van der Waals surface area contributed by atoms with E-state index in [1.54, 1.807) is 45.2 Å².